The summed E-state index contributed by atoms with van der Waals surface area (Å²) in [6.45, 7) is 0.577. The van der Waals surface area contributed by atoms with Crippen molar-refractivity contribution < 1.29 is 14.3 Å². The van der Waals surface area contributed by atoms with Crippen molar-refractivity contribution in [1.29, 1.82) is 0 Å². The Morgan fingerprint density at radius 3 is 2.53 bits per heavy atom. The third-order valence-corrected chi connectivity index (χ3v) is 4.44. The fraction of sp³-hybridized carbons (Fsp3) is 0.0833. The van der Waals surface area contributed by atoms with Crippen LogP contribution in [0.1, 0.15) is 15.9 Å². The van der Waals surface area contributed by atoms with Crippen molar-refractivity contribution in [1.82, 2.24) is 9.78 Å². The van der Waals surface area contributed by atoms with Gasteiger partial charge >= 0.3 is 0 Å². The van der Waals surface area contributed by atoms with Crippen LogP contribution in [0.3, 0.4) is 0 Å². The lowest BCUT2D eigenvalue weighted by Crippen LogP contribution is -2.11. The van der Waals surface area contributed by atoms with Gasteiger partial charge in [-0.15, -0.1) is 0 Å². The zero-order chi connectivity index (χ0) is 20.8. The Balaban J connectivity index is 1.41. The number of hydrogen-bond donors (Lipinski definition) is 1. The Hall–Kier alpha value is -4.06. The average Bonchev–Trinajstić information content (AvgIpc) is 3.21. The van der Waals surface area contributed by atoms with Crippen LogP contribution in [0.25, 0.3) is 0 Å². The Morgan fingerprint density at radius 2 is 1.70 bits per heavy atom. The number of rotatable bonds is 7. The minimum absolute atomic E-state index is 0.227. The van der Waals surface area contributed by atoms with Gasteiger partial charge in [-0.2, -0.15) is 5.10 Å². The van der Waals surface area contributed by atoms with Gasteiger partial charge in [-0.05, 0) is 48.0 Å². The first-order chi connectivity index (χ1) is 14.7. The van der Waals surface area contributed by atoms with E-state index in [2.05, 4.69) is 10.4 Å². The third kappa shape index (κ3) is 4.86. The summed E-state index contributed by atoms with van der Waals surface area (Å²) >= 11 is 0. The second kappa shape index (κ2) is 8.96. The zero-order valence-electron chi connectivity index (χ0n) is 16.5. The predicted octanol–water partition coefficient (Wildman–Crippen LogP) is 4.98. The highest BCUT2D eigenvalue weighted by atomic mass is 16.5. The number of carbonyl (C=O) groups excluding carboxylic acids is 1. The standard InChI is InChI=1S/C24H21N3O3/c1-29-22-11-5-7-18(13-22)16-27-17-20(15-25-27)26-24(28)19-8-6-12-23(14-19)30-21-9-3-2-4-10-21/h2-15,17H,16H2,1H3,(H,26,28). The van der Waals surface area contributed by atoms with E-state index >= 15 is 0 Å². The van der Waals surface area contributed by atoms with Crippen LogP contribution in [0, 0.1) is 0 Å². The first-order valence-corrected chi connectivity index (χ1v) is 9.49. The number of para-hydroxylation sites is 1. The van der Waals surface area contributed by atoms with E-state index in [1.807, 2.05) is 60.7 Å². The van der Waals surface area contributed by atoms with Crippen LogP contribution < -0.4 is 14.8 Å². The van der Waals surface area contributed by atoms with E-state index in [0.717, 1.165) is 11.3 Å². The number of anilines is 1. The lowest BCUT2D eigenvalue weighted by Gasteiger charge is -2.08. The van der Waals surface area contributed by atoms with Crippen molar-refractivity contribution >= 4 is 11.6 Å². The van der Waals surface area contributed by atoms with Gasteiger partial charge < -0.3 is 14.8 Å². The summed E-state index contributed by atoms with van der Waals surface area (Å²) in [4.78, 5) is 12.6. The fourth-order valence-electron chi connectivity index (χ4n) is 3.00. The summed E-state index contributed by atoms with van der Waals surface area (Å²) in [6.07, 6.45) is 3.42. The van der Waals surface area contributed by atoms with Gasteiger partial charge in [0, 0.05) is 11.8 Å². The topological polar surface area (TPSA) is 65.4 Å². The Bertz CT molecular complexity index is 1140. The fourth-order valence-corrected chi connectivity index (χ4v) is 3.00. The number of hydrogen-bond acceptors (Lipinski definition) is 4. The van der Waals surface area contributed by atoms with E-state index in [1.54, 1.807) is 42.4 Å². The first kappa shape index (κ1) is 19.3. The number of amides is 1. The number of aromatic nitrogens is 2. The summed E-state index contributed by atoms with van der Waals surface area (Å²) in [5.74, 6) is 1.89. The van der Waals surface area contributed by atoms with Crippen LogP contribution in [-0.2, 0) is 6.54 Å². The lowest BCUT2D eigenvalue weighted by molar-refractivity contribution is 0.102. The molecule has 0 spiro atoms. The molecule has 0 saturated heterocycles. The van der Waals surface area contributed by atoms with Crippen molar-refractivity contribution in [2.24, 2.45) is 0 Å². The molecule has 1 heterocycles. The van der Waals surface area contributed by atoms with E-state index in [1.165, 1.54) is 0 Å². The van der Waals surface area contributed by atoms with E-state index in [4.69, 9.17) is 9.47 Å². The Labute approximate surface area is 174 Å². The molecule has 0 aliphatic heterocycles. The van der Waals surface area contributed by atoms with Gasteiger partial charge in [0.2, 0.25) is 0 Å². The van der Waals surface area contributed by atoms with Crippen LogP contribution >= 0.6 is 0 Å². The first-order valence-electron chi connectivity index (χ1n) is 9.49. The summed E-state index contributed by atoms with van der Waals surface area (Å²) in [6, 6.07) is 24.3. The molecule has 3 aromatic carbocycles. The van der Waals surface area contributed by atoms with Crippen molar-refractivity contribution in [2.75, 3.05) is 12.4 Å². The zero-order valence-corrected chi connectivity index (χ0v) is 16.5. The number of ether oxygens (including phenoxy) is 2. The van der Waals surface area contributed by atoms with Gasteiger partial charge in [0.05, 0.1) is 25.5 Å². The second-order valence-corrected chi connectivity index (χ2v) is 6.68. The molecule has 30 heavy (non-hydrogen) atoms. The molecule has 0 fully saturated rings. The highest BCUT2D eigenvalue weighted by Crippen LogP contribution is 2.22. The van der Waals surface area contributed by atoms with Crippen LogP contribution in [0.2, 0.25) is 0 Å². The monoisotopic (exact) mass is 399 g/mol. The molecular formula is C24H21N3O3. The van der Waals surface area contributed by atoms with Crippen molar-refractivity contribution in [3.8, 4) is 17.2 Å². The van der Waals surface area contributed by atoms with Crippen molar-refractivity contribution in [2.45, 2.75) is 6.54 Å². The largest absolute Gasteiger partial charge is 0.497 e. The summed E-state index contributed by atoms with van der Waals surface area (Å²) in [5, 5.41) is 7.20. The molecular weight excluding hydrogens is 378 g/mol. The van der Waals surface area contributed by atoms with Crippen LogP contribution in [0.4, 0.5) is 5.69 Å². The van der Waals surface area contributed by atoms with E-state index in [0.29, 0.717) is 29.3 Å². The minimum Gasteiger partial charge on any atom is -0.497 e. The third-order valence-electron chi connectivity index (χ3n) is 4.44. The average molecular weight is 399 g/mol. The van der Waals surface area contributed by atoms with Gasteiger partial charge in [-0.25, -0.2) is 0 Å². The number of nitrogens with zero attached hydrogens (tertiary/aromatic N) is 2. The molecule has 4 rings (SSSR count). The molecule has 6 nitrogen and oxygen atoms in total. The van der Waals surface area contributed by atoms with Gasteiger partial charge in [-0.1, -0.05) is 36.4 Å². The second-order valence-electron chi connectivity index (χ2n) is 6.68. The maximum absolute atomic E-state index is 12.6. The predicted molar refractivity (Wildman–Crippen MR) is 115 cm³/mol. The highest BCUT2D eigenvalue weighted by molar-refractivity contribution is 6.04. The van der Waals surface area contributed by atoms with Gasteiger partial charge in [0.25, 0.3) is 5.91 Å². The van der Waals surface area contributed by atoms with E-state index in [-0.39, 0.29) is 5.91 Å². The molecule has 4 aromatic rings. The van der Waals surface area contributed by atoms with Crippen LogP contribution in [-0.4, -0.2) is 22.8 Å². The maximum Gasteiger partial charge on any atom is 0.255 e. The van der Waals surface area contributed by atoms with Crippen LogP contribution in [0.5, 0.6) is 17.2 Å². The van der Waals surface area contributed by atoms with Crippen molar-refractivity contribution in [3.05, 3.63) is 102 Å². The molecule has 0 saturated carbocycles. The van der Waals surface area contributed by atoms with Gasteiger partial charge in [0.1, 0.15) is 17.2 Å². The molecule has 0 radical (unpaired) electrons. The quantitative estimate of drug-likeness (QED) is 0.476. The summed E-state index contributed by atoms with van der Waals surface area (Å²) in [5.41, 5.74) is 2.18. The molecule has 0 aliphatic rings. The number of carbonyl (C=O) groups is 1. The number of methoxy groups -OCH3 is 1. The van der Waals surface area contributed by atoms with E-state index in [9.17, 15) is 4.79 Å². The minimum atomic E-state index is -0.227. The summed E-state index contributed by atoms with van der Waals surface area (Å²) in [7, 11) is 1.64. The summed E-state index contributed by atoms with van der Waals surface area (Å²) < 4.78 is 12.8. The maximum atomic E-state index is 12.6. The van der Waals surface area contributed by atoms with E-state index < -0.39 is 0 Å². The van der Waals surface area contributed by atoms with Gasteiger partial charge in [-0.3, -0.25) is 9.48 Å². The molecule has 0 unspecified atom stereocenters. The molecule has 1 aromatic heterocycles. The van der Waals surface area contributed by atoms with Crippen LogP contribution in [0.15, 0.2) is 91.3 Å². The molecule has 1 amide bonds. The smallest absolute Gasteiger partial charge is 0.255 e. The molecule has 1 N–H and O–H groups in total. The Kier molecular flexibility index (Phi) is 5.75. The molecule has 150 valence electrons. The molecule has 0 aliphatic carbocycles. The number of benzene rings is 3. The molecule has 0 atom stereocenters. The van der Waals surface area contributed by atoms with Gasteiger partial charge in [0.15, 0.2) is 0 Å². The van der Waals surface area contributed by atoms with Crippen molar-refractivity contribution in [3.63, 3.8) is 0 Å². The molecule has 0 bridgehead atoms. The number of nitrogens with one attached hydrogen (secondary N) is 1. The highest BCUT2D eigenvalue weighted by Gasteiger charge is 2.10. The normalized spacial score (nSPS) is 10.4. The lowest BCUT2D eigenvalue weighted by atomic mass is 10.2. The molecule has 6 heteroatoms. The SMILES string of the molecule is COc1cccc(Cn2cc(NC(=O)c3cccc(Oc4ccccc4)c3)cn2)c1. The Morgan fingerprint density at radius 1 is 0.933 bits per heavy atom.